The van der Waals surface area contributed by atoms with E-state index < -0.39 is 5.41 Å². The summed E-state index contributed by atoms with van der Waals surface area (Å²) in [6.45, 7) is 4.78. The molecule has 14 rings (SSSR count). The van der Waals surface area contributed by atoms with E-state index in [-0.39, 0.29) is 5.41 Å². The number of hydrogen-bond acceptors (Lipinski definition) is 1. The van der Waals surface area contributed by atoms with Crippen LogP contribution in [0.1, 0.15) is 47.2 Å². The smallest absolute Gasteiger partial charge is 0.0713 e. The predicted octanol–water partition coefficient (Wildman–Crippen LogP) is 18.3. The molecule has 0 fully saturated rings. The Labute approximate surface area is 421 Å². The molecule has 2 nitrogen and oxygen atoms in total. The Morgan fingerprint density at radius 1 is 0.306 bits per heavy atom. The third kappa shape index (κ3) is 6.28. The Morgan fingerprint density at radius 2 is 0.750 bits per heavy atom. The zero-order valence-corrected chi connectivity index (χ0v) is 40.3. The third-order valence-corrected chi connectivity index (χ3v) is 15.9. The van der Waals surface area contributed by atoms with Crippen molar-refractivity contribution in [2.75, 3.05) is 4.90 Å². The van der Waals surface area contributed by atoms with Gasteiger partial charge in [-0.1, -0.05) is 214 Å². The second kappa shape index (κ2) is 16.3. The summed E-state index contributed by atoms with van der Waals surface area (Å²) >= 11 is 0. The van der Waals surface area contributed by atoms with Gasteiger partial charge < -0.3 is 9.47 Å². The van der Waals surface area contributed by atoms with Crippen LogP contribution in [0.4, 0.5) is 17.1 Å². The largest absolute Gasteiger partial charge is 0.310 e. The van der Waals surface area contributed by atoms with E-state index in [1.165, 1.54) is 99.7 Å². The van der Waals surface area contributed by atoms with Crippen molar-refractivity contribution in [2.45, 2.75) is 24.7 Å². The molecule has 12 aromatic rings. The molecule has 0 unspecified atom stereocenters. The van der Waals surface area contributed by atoms with Gasteiger partial charge in [0.25, 0.3) is 0 Å². The van der Waals surface area contributed by atoms with Gasteiger partial charge in [0.15, 0.2) is 0 Å². The minimum atomic E-state index is -0.474. The number of hydrogen-bond donors (Lipinski definition) is 0. The fourth-order valence-corrected chi connectivity index (χ4v) is 12.5. The molecule has 1 aromatic heterocycles. The summed E-state index contributed by atoms with van der Waals surface area (Å²) in [7, 11) is 0. The highest BCUT2D eigenvalue weighted by Crippen LogP contribution is 2.58. The van der Waals surface area contributed by atoms with Crippen LogP contribution in [0.15, 0.2) is 267 Å². The highest BCUT2D eigenvalue weighted by molar-refractivity contribution is 6.09. The van der Waals surface area contributed by atoms with Crippen molar-refractivity contribution in [3.63, 3.8) is 0 Å². The van der Waals surface area contributed by atoms with Gasteiger partial charge in [-0.3, -0.25) is 0 Å². The van der Waals surface area contributed by atoms with E-state index in [2.05, 4.69) is 290 Å². The third-order valence-electron chi connectivity index (χ3n) is 15.9. The zero-order chi connectivity index (χ0) is 48.0. The molecule has 72 heavy (non-hydrogen) atoms. The van der Waals surface area contributed by atoms with Gasteiger partial charge in [-0.15, -0.1) is 0 Å². The second-order valence-corrected chi connectivity index (χ2v) is 20.0. The van der Waals surface area contributed by atoms with Crippen molar-refractivity contribution in [1.29, 1.82) is 0 Å². The van der Waals surface area contributed by atoms with Crippen LogP contribution < -0.4 is 4.90 Å². The molecule has 0 N–H and O–H groups in total. The summed E-state index contributed by atoms with van der Waals surface area (Å²) < 4.78 is 2.38. The highest BCUT2D eigenvalue weighted by Gasteiger charge is 2.46. The average Bonchev–Trinajstić information content (AvgIpc) is 4.03. The first-order chi connectivity index (χ1) is 35.5. The molecule has 0 bridgehead atoms. The molecule has 0 aliphatic heterocycles. The van der Waals surface area contributed by atoms with Crippen molar-refractivity contribution < 1.29 is 0 Å². The molecule has 340 valence electrons. The van der Waals surface area contributed by atoms with Crippen molar-refractivity contribution in [2.24, 2.45) is 0 Å². The molecule has 1 heterocycles. The van der Waals surface area contributed by atoms with E-state index in [4.69, 9.17) is 0 Å². The Hall–Kier alpha value is -8.98. The van der Waals surface area contributed by atoms with E-state index in [1.807, 2.05) is 0 Å². The van der Waals surface area contributed by atoms with Crippen LogP contribution >= 0.6 is 0 Å². The van der Waals surface area contributed by atoms with E-state index in [1.54, 1.807) is 0 Å². The predicted molar refractivity (Wildman–Crippen MR) is 301 cm³/mol. The fraction of sp³-hybridized carbons (Fsp3) is 0.0571. The number of para-hydroxylation sites is 2. The summed E-state index contributed by atoms with van der Waals surface area (Å²) in [5, 5.41) is 2.54. The molecule has 2 heteroatoms. The van der Waals surface area contributed by atoms with Gasteiger partial charge in [0.05, 0.1) is 16.4 Å². The molecular formula is C70H50N2. The van der Waals surface area contributed by atoms with Gasteiger partial charge in [0.2, 0.25) is 0 Å². The normalized spacial score (nSPS) is 13.6. The molecule has 0 amide bonds. The number of nitrogens with zero attached hydrogens (tertiary/aromatic N) is 2. The van der Waals surface area contributed by atoms with Crippen LogP contribution in [0.2, 0.25) is 0 Å². The molecule has 0 spiro atoms. The topological polar surface area (TPSA) is 8.17 Å². The maximum atomic E-state index is 2.47. The molecule has 0 saturated carbocycles. The van der Waals surface area contributed by atoms with E-state index in [0.29, 0.717) is 0 Å². The van der Waals surface area contributed by atoms with E-state index >= 15 is 0 Å². The number of rotatable bonds is 8. The van der Waals surface area contributed by atoms with Crippen LogP contribution in [0.25, 0.3) is 72.0 Å². The van der Waals surface area contributed by atoms with Gasteiger partial charge in [0.1, 0.15) is 0 Å². The maximum Gasteiger partial charge on any atom is 0.0713 e. The highest BCUT2D eigenvalue weighted by atomic mass is 15.1. The van der Waals surface area contributed by atoms with Crippen LogP contribution in [-0.4, -0.2) is 4.57 Å². The standard InChI is InChI=1S/C70H50N2/c1-69(2)65-44-50(47-18-6-3-7-19-47)34-41-58(65)59-42-39-56(46-66(59)69)71(53-35-30-48(31-36-53)49-32-37-54(38-33-49)72-67-28-16-13-25-60(67)61-26-14-17-29-68(61)72)55-40-43-64-62(45-55)57-24-12-15-27-63(57)70(64,51-20-8-4-9-21-51)52-22-10-5-11-23-52/h3-46H,1-2H3. The van der Waals surface area contributed by atoms with Gasteiger partial charge in [0, 0.05) is 38.9 Å². The summed E-state index contributed by atoms with van der Waals surface area (Å²) in [5.41, 5.74) is 24.0. The number of aromatic nitrogens is 1. The SMILES string of the molecule is CC1(C)c2cc(-c3ccccc3)ccc2-c2ccc(N(c3ccc(-c4ccc(-n5c6ccccc6c6ccccc65)cc4)cc3)c3ccc4c(c3)-c3ccccc3C4(c3ccccc3)c3ccccc3)cc21. The zero-order valence-electron chi connectivity index (χ0n) is 40.3. The Morgan fingerprint density at radius 3 is 1.40 bits per heavy atom. The molecule has 2 aliphatic carbocycles. The summed E-state index contributed by atoms with van der Waals surface area (Å²) in [6.07, 6.45) is 0. The Kier molecular flexibility index (Phi) is 9.50. The number of benzene rings is 11. The Balaban J connectivity index is 0.904. The number of fused-ring (bicyclic) bond motifs is 9. The van der Waals surface area contributed by atoms with Gasteiger partial charge in [-0.05, 0) is 145 Å². The molecule has 0 radical (unpaired) electrons. The van der Waals surface area contributed by atoms with Crippen LogP contribution in [-0.2, 0) is 10.8 Å². The molecule has 0 saturated heterocycles. The van der Waals surface area contributed by atoms with E-state index in [9.17, 15) is 0 Å². The molecule has 11 aromatic carbocycles. The summed E-state index contributed by atoms with van der Waals surface area (Å²) in [6, 6.07) is 99.0. The van der Waals surface area contributed by atoms with Crippen molar-refractivity contribution >= 4 is 38.9 Å². The van der Waals surface area contributed by atoms with Crippen LogP contribution in [0.5, 0.6) is 0 Å². The molecule has 2 aliphatic rings. The fourth-order valence-electron chi connectivity index (χ4n) is 12.5. The Bertz CT molecular complexity index is 3940. The summed E-state index contributed by atoms with van der Waals surface area (Å²) in [4.78, 5) is 2.47. The molecular weight excluding hydrogens is 869 g/mol. The minimum Gasteiger partial charge on any atom is -0.310 e. The van der Waals surface area contributed by atoms with Gasteiger partial charge in [-0.25, -0.2) is 0 Å². The number of anilines is 3. The molecule has 0 atom stereocenters. The lowest BCUT2D eigenvalue weighted by molar-refractivity contribution is 0.660. The van der Waals surface area contributed by atoms with Crippen LogP contribution in [0, 0.1) is 0 Å². The quantitative estimate of drug-likeness (QED) is 0.147. The maximum absolute atomic E-state index is 2.47. The first-order valence-corrected chi connectivity index (χ1v) is 25.2. The average molecular weight is 919 g/mol. The van der Waals surface area contributed by atoms with Gasteiger partial charge in [-0.2, -0.15) is 0 Å². The monoisotopic (exact) mass is 918 g/mol. The van der Waals surface area contributed by atoms with Crippen molar-refractivity contribution in [3.05, 3.63) is 300 Å². The first-order valence-electron chi connectivity index (χ1n) is 25.2. The van der Waals surface area contributed by atoms with Crippen molar-refractivity contribution in [3.8, 4) is 50.2 Å². The lowest BCUT2D eigenvalue weighted by atomic mass is 9.68. The minimum absolute atomic E-state index is 0.214. The second-order valence-electron chi connectivity index (χ2n) is 20.0. The lowest BCUT2D eigenvalue weighted by Gasteiger charge is -2.34. The van der Waals surface area contributed by atoms with Crippen molar-refractivity contribution in [1.82, 2.24) is 4.57 Å². The van der Waals surface area contributed by atoms with Gasteiger partial charge >= 0.3 is 0 Å². The van der Waals surface area contributed by atoms with Crippen LogP contribution in [0.3, 0.4) is 0 Å². The van der Waals surface area contributed by atoms with E-state index in [0.717, 1.165) is 22.7 Å². The summed E-state index contributed by atoms with van der Waals surface area (Å²) in [5.74, 6) is 0. The lowest BCUT2D eigenvalue weighted by Crippen LogP contribution is -2.28. The first kappa shape index (κ1) is 41.9.